The van der Waals surface area contributed by atoms with Gasteiger partial charge in [0.15, 0.2) is 0 Å². The number of carboxylic acid groups (broad SMARTS) is 2. The quantitative estimate of drug-likeness (QED) is 0.0687. The molecule has 0 unspecified atom stereocenters. The fourth-order valence-electron chi connectivity index (χ4n) is 5.92. The standard InChI is InChI=1S/C41H59N7O11/c1-7-24(6)35(40(57)46-31(41(58)59)17-22(2)3)48-38(55)30(18-25-11-9-8-10-12-25)45-39(56)34(23(4)5)47-32(50)21-43-37(54)29(19-26-13-15-27(49)16-14-26)44-36(53)28(42)20-33(51)52/h8-16,22-24,28-31,34-35,49H,7,17-21,42H2,1-6H3,(H,43,54)(H,44,53)(H,45,56)(H,46,57)(H,47,50)(H,48,55)(H,51,52)(H,58,59)/t24-,28-,29-,30-,31-,34-,35-/m0/s1. The van der Waals surface area contributed by atoms with Crippen molar-refractivity contribution in [3.05, 3.63) is 65.7 Å². The number of benzene rings is 2. The summed E-state index contributed by atoms with van der Waals surface area (Å²) in [5, 5.41) is 43.7. The number of rotatable bonds is 24. The number of aliphatic carboxylic acids is 2. The van der Waals surface area contributed by atoms with E-state index in [9.17, 15) is 48.6 Å². The Labute approximate surface area is 343 Å². The molecule has 7 atom stereocenters. The van der Waals surface area contributed by atoms with Crippen LogP contribution in [0.3, 0.4) is 0 Å². The van der Waals surface area contributed by atoms with E-state index in [1.54, 1.807) is 51.1 Å². The van der Waals surface area contributed by atoms with E-state index < -0.39 is 108 Å². The topological polar surface area (TPSA) is 295 Å². The van der Waals surface area contributed by atoms with Crippen LogP contribution in [0.2, 0.25) is 0 Å². The Morgan fingerprint density at radius 3 is 1.68 bits per heavy atom. The van der Waals surface area contributed by atoms with Crippen LogP contribution in [0.1, 0.15) is 71.9 Å². The summed E-state index contributed by atoms with van der Waals surface area (Å²) in [7, 11) is 0. The van der Waals surface area contributed by atoms with Gasteiger partial charge < -0.3 is 53.0 Å². The minimum Gasteiger partial charge on any atom is -0.508 e. The van der Waals surface area contributed by atoms with E-state index in [-0.39, 0.29) is 30.9 Å². The van der Waals surface area contributed by atoms with Crippen LogP contribution >= 0.6 is 0 Å². The molecular weight excluding hydrogens is 766 g/mol. The first-order chi connectivity index (χ1) is 27.7. The summed E-state index contributed by atoms with van der Waals surface area (Å²) in [4.78, 5) is 103. The lowest BCUT2D eigenvalue weighted by atomic mass is 9.96. The van der Waals surface area contributed by atoms with Crippen molar-refractivity contribution in [2.75, 3.05) is 6.54 Å². The molecule has 18 heteroatoms. The third-order valence-electron chi connectivity index (χ3n) is 9.46. The van der Waals surface area contributed by atoms with E-state index in [0.29, 0.717) is 17.5 Å². The molecule has 59 heavy (non-hydrogen) atoms. The summed E-state index contributed by atoms with van der Waals surface area (Å²) in [5.41, 5.74) is 6.87. The molecule has 0 aliphatic carbocycles. The molecule has 2 aromatic carbocycles. The zero-order valence-electron chi connectivity index (χ0n) is 34.3. The van der Waals surface area contributed by atoms with Gasteiger partial charge in [0.2, 0.25) is 35.4 Å². The highest BCUT2D eigenvalue weighted by Gasteiger charge is 2.34. The van der Waals surface area contributed by atoms with Gasteiger partial charge in [-0.2, -0.15) is 0 Å². The van der Waals surface area contributed by atoms with Gasteiger partial charge in [0.25, 0.3) is 0 Å². The maximum atomic E-state index is 14.0. The zero-order chi connectivity index (χ0) is 44.4. The summed E-state index contributed by atoms with van der Waals surface area (Å²) in [6.45, 7) is 9.83. The van der Waals surface area contributed by atoms with Crippen molar-refractivity contribution in [1.29, 1.82) is 0 Å². The molecule has 0 heterocycles. The molecule has 2 aromatic rings. The van der Waals surface area contributed by atoms with Crippen LogP contribution in [0, 0.1) is 17.8 Å². The highest BCUT2D eigenvalue weighted by molar-refractivity contribution is 5.96. The van der Waals surface area contributed by atoms with Gasteiger partial charge in [0.1, 0.15) is 36.0 Å². The third kappa shape index (κ3) is 17.2. The number of hydrogen-bond donors (Lipinski definition) is 10. The van der Waals surface area contributed by atoms with Gasteiger partial charge in [-0.25, -0.2) is 4.79 Å². The Hall–Kier alpha value is -6.04. The Morgan fingerprint density at radius 2 is 1.15 bits per heavy atom. The Bertz CT molecular complexity index is 1760. The highest BCUT2D eigenvalue weighted by atomic mass is 16.4. The largest absolute Gasteiger partial charge is 0.508 e. The van der Waals surface area contributed by atoms with Crippen molar-refractivity contribution >= 4 is 47.4 Å². The number of carboxylic acids is 2. The van der Waals surface area contributed by atoms with Crippen molar-refractivity contribution in [3.8, 4) is 5.75 Å². The SMILES string of the molecule is CC[C@H](C)[C@H](NC(=O)[C@H](Cc1ccccc1)NC(=O)[C@@H](NC(=O)CNC(=O)[C@H](Cc1ccc(O)cc1)NC(=O)[C@@H](N)CC(=O)O)C(C)C)C(=O)N[C@@H](CC(C)C)C(=O)O. The molecule has 324 valence electrons. The molecule has 0 aliphatic heterocycles. The predicted octanol–water partition coefficient (Wildman–Crippen LogP) is 0.352. The molecule has 0 aliphatic rings. The lowest BCUT2D eigenvalue weighted by molar-refractivity contribution is -0.143. The van der Waals surface area contributed by atoms with Gasteiger partial charge in [0.05, 0.1) is 19.0 Å². The van der Waals surface area contributed by atoms with Crippen molar-refractivity contribution in [2.45, 2.75) is 110 Å². The Balaban J connectivity index is 2.26. The maximum Gasteiger partial charge on any atom is 0.326 e. The summed E-state index contributed by atoms with van der Waals surface area (Å²) < 4.78 is 0. The number of hydrogen-bond acceptors (Lipinski definition) is 10. The number of amides is 6. The fraction of sp³-hybridized carbons (Fsp3) is 0.512. The van der Waals surface area contributed by atoms with Gasteiger partial charge >= 0.3 is 11.9 Å². The second-order valence-corrected chi connectivity index (χ2v) is 15.3. The molecule has 0 fully saturated rings. The van der Waals surface area contributed by atoms with Crippen molar-refractivity contribution in [1.82, 2.24) is 31.9 Å². The monoisotopic (exact) mass is 825 g/mol. The summed E-state index contributed by atoms with van der Waals surface area (Å²) >= 11 is 0. The molecule has 0 saturated heterocycles. The van der Waals surface area contributed by atoms with Crippen LogP contribution in [-0.4, -0.2) is 105 Å². The smallest absolute Gasteiger partial charge is 0.326 e. The fourth-order valence-corrected chi connectivity index (χ4v) is 5.92. The number of carbonyl (C=O) groups excluding carboxylic acids is 6. The molecule has 0 aromatic heterocycles. The predicted molar refractivity (Wildman–Crippen MR) is 216 cm³/mol. The first-order valence-corrected chi connectivity index (χ1v) is 19.5. The molecule has 6 amide bonds. The molecule has 0 saturated carbocycles. The summed E-state index contributed by atoms with van der Waals surface area (Å²) in [5.74, 6) is -8.26. The van der Waals surface area contributed by atoms with Crippen LogP contribution in [0.15, 0.2) is 54.6 Å². The number of nitrogens with two attached hydrogens (primary N) is 1. The van der Waals surface area contributed by atoms with Gasteiger partial charge in [-0.1, -0.05) is 90.4 Å². The van der Waals surface area contributed by atoms with E-state index in [0.717, 1.165) is 0 Å². The number of nitrogens with one attached hydrogen (secondary N) is 6. The minimum absolute atomic E-state index is 0.00254. The van der Waals surface area contributed by atoms with Crippen LogP contribution < -0.4 is 37.6 Å². The molecule has 11 N–H and O–H groups in total. The molecule has 0 bridgehead atoms. The number of phenols is 1. The normalized spacial score (nSPS) is 14.7. The third-order valence-corrected chi connectivity index (χ3v) is 9.46. The van der Waals surface area contributed by atoms with E-state index in [1.807, 2.05) is 20.8 Å². The number of phenolic OH excluding ortho intramolecular Hbond substituents is 1. The van der Waals surface area contributed by atoms with E-state index in [4.69, 9.17) is 10.8 Å². The van der Waals surface area contributed by atoms with Gasteiger partial charge in [-0.3, -0.25) is 33.6 Å². The van der Waals surface area contributed by atoms with Gasteiger partial charge in [0, 0.05) is 12.8 Å². The van der Waals surface area contributed by atoms with E-state index in [1.165, 1.54) is 24.3 Å². The minimum atomic E-state index is -1.47. The van der Waals surface area contributed by atoms with E-state index in [2.05, 4.69) is 31.9 Å². The lowest BCUT2D eigenvalue weighted by Gasteiger charge is -2.29. The Morgan fingerprint density at radius 1 is 0.627 bits per heavy atom. The van der Waals surface area contributed by atoms with Crippen LogP contribution in [0.5, 0.6) is 5.75 Å². The van der Waals surface area contributed by atoms with Gasteiger partial charge in [-0.15, -0.1) is 0 Å². The average Bonchev–Trinajstić information content (AvgIpc) is 3.17. The van der Waals surface area contributed by atoms with Crippen LogP contribution in [0.25, 0.3) is 0 Å². The lowest BCUT2D eigenvalue weighted by Crippen LogP contribution is -2.60. The highest BCUT2D eigenvalue weighted by Crippen LogP contribution is 2.14. The average molecular weight is 826 g/mol. The van der Waals surface area contributed by atoms with Crippen LogP contribution in [-0.2, 0) is 51.2 Å². The summed E-state index contributed by atoms with van der Waals surface area (Å²) in [6.07, 6.45) is -0.193. The molecule has 0 radical (unpaired) electrons. The van der Waals surface area contributed by atoms with Gasteiger partial charge in [-0.05, 0) is 47.4 Å². The Kier molecular flexibility index (Phi) is 20.0. The molecule has 0 spiro atoms. The summed E-state index contributed by atoms with van der Waals surface area (Å²) in [6, 6.07) is 6.94. The van der Waals surface area contributed by atoms with Crippen LogP contribution in [0.4, 0.5) is 0 Å². The number of carbonyl (C=O) groups is 8. The molecular formula is C41H59N7O11. The van der Waals surface area contributed by atoms with Crippen molar-refractivity contribution < 1.29 is 53.7 Å². The first-order valence-electron chi connectivity index (χ1n) is 19.5. The van der Waals surface area contributed by atoms with Crippen molar-refractivity contribution in [3.63, 3.8) is 0 Å². The first kappa shape index (κ1) is 49.1. The zero-order valence-corrected chi connectivity index (χ0v) is 34.3. The van der Waals surface area contributed by atoms with Crippen molar-refractivity contribution in [2.24, 2.45) is 23.5 Å². The number of aromatic hydroxyl groups is 1. The second kappa shape index (κ2) is 24.0. The van der Waals surface area contributed by atoms with E-state index >= 15 is 0 Å². The maximum absolute atomic E-state index is 14.0. The molecule has 2 rings (SSSR count). The molecule has 18 nitrogen and oxygen atoms in total. The second-order valence-electron chi connectivity index (χ2n) is 15.3.